The zero-order chi connectivity index (χ0) is 22.8. The van der Waals surface area contributed by atoms with Crippen molar-refractivity contribution in [1.29, 1.82) is 0 Å². The third kappa shape index (κ3) is 4.00. The van der Waals surface area contributed by atoms with Crippen LogP contribution in [0.3, 0.4) is 0 Å². The van der Waals surface area contributed by atoms with Crippen LogP contribution in [0.5, 0.6) is 0 Å². The van der Waals surface area contributed by atoms with Gasteiger partial charge in [-0.15, -0.1) is 0 Å². The minimum atomic E-state index is -0.834. The molecule has 1 aliphatic carbocycles. The summed E-state index contributed by atoms with van der Waals surface area (Å²) in [7, 11) is 0. The molecular formula is C25H27NO6. The summed E-state index contributed by atoms with van der Waals surface area (Å²) in [6, 6.07) is 5.38. The number of allylic oxidation sites excluding steroid dienone is 3. The minimum absolute atomic E-state index is 0.0698. The average molecular weight is 437 g/mol. The molecule has 2 aromatic rings. The van der Waals surface area contributed by atoms with Crippen molar-refractivity contribution in [2.75, 3.05) is 19.8 Å². The molecule has 0 bridgehead atoms. The summed E-state index contributed by atoms with van der Waals surface area (Å²) in [6.45, 7) is 6.40. The molecular weight excluding hydrogens is 410 g/mol. The molecule has 0 amide bonds. The van der Waals surface area contributed by atoms with Crippen molar-refractivity contribution in [3.8, 4) is 0 Å². The van der Waals surface area contributed by atoms with E-state index in [1.54, 1.807) is 19.1 Å². The fraction of sp³-hybridized carbons (Fsp3) is 0.400. The first-order valence-corrected chi connectivity index (χ1v) is 10.9. The Balaban J connectivity index is 1.84. The first-order valence-electron chi connectivity index (χ1n) is 10.9. The van der Waals surface area contributed by atoms with E-state index in [2.05, 4.69) is 5.32 Å². The van der Waals surface area contributed by atoms with Crippen molar-refractivity contribution in [2.24, 2.45) is 0 Å². The maximum absolute atomic E-state index is 13.5. The Hall–Kier alpha value is -3.19. The van der Waals surface area contributed by atoms with E-state index in [9.17, 15) is 14.4 Å². The number of ketones is 1. The van der Waals surface area contributed by atoms with Crippen LogP contribution in [0.25, 0.3) is 11.0 Å². The van der Waals surface area contributed by atoms with E-state index in [1.807, 2.05) is 19.9 Å². The molecule has 7 nitrogen and oxygen atoms in total. The fourth-order valence-corrected chi connectivity index (χ4v) is 4.44. The Kier molecular flexibility index (Phi) is 6.28. The molecule has 168 valence electrons. The van der Waals surface area contributed by atoms with E-state index < -0.39 is 11.9 Å². The number of rotatable bonds is 6. The highest BCUT2D eigenvalue weighted by Crippen LogP contribution is 2.41. The third-order valence-electron chi connectivity index (χ3n) is 5.93. The van der Waals surface area contributed by atoms with Crippen LogP contribution in [0.4, 0.5) is 0 Å². The molecule has 0 unspecified atom stereocenters. The van der Waals surface area contributed by atoms with Gasteiger partial charge in [0.25, 0.3) is 0 Å². The summed E-state index contributed by atoms with van der Waals surface area (Å²) >= 11 is 0. The lowest BCUT2D eigenvalue weighted by molar-refractivity contribution is -0.140. The largest absolute Gasteiger partial charge is 0.464 e. The van der Waals surface area contributed by atoms with Gasteiger partial charge in [-0.05, 0) is 45.7 Å². The lowest BCUT2D eigenvalue weighted by atomic mass is 9.75. The lowest BCUT2D eigenvalue weighted by Crippen LogP contribution is -2.36. The van der Waals surface area contributed by atoms with Crippen LogP contribution in [0.2, 0.25) is 0 Å². The van der Waals surface area contributed by atoms with E-state index in [4.69, 9.17) is 13.9 Å². The van der Waals surface area contributed by atoms with Crippen LogP contribution in [0.15, 0.2) is 56.2 Å². The summed E-state index contributed by atoms with van der Waals surface area (Å²) in [5.41, 5.74) is 3.45. The number of ether oxygens (including phenoxy) is 2. The summed E-state index contributed by atoms with van der Waals surface area (Å²) in [4.78, 5) is 39.6. The number of esters is 1. The number of Topliss-reactive ketones (excluding diaryl/α,β-unsaturated/α-hetero) is 1. The van der Waals surface area contributed by atoms with Gasteiger partial charge < -0.3 is 19.2 Å². The molecule has 32 heavy (non-hydrogen) atoms. The van der Waals surface area contributed by atoms with Crippen LogP contribution in [0.1, 0.15) is 50.2 Å². The second-order valence-corrected chi connectivity index (χ2v) is 8.12. The monoisotopic (exact) mass is 437 g/mol. The molecule has 0 spiro atoms. The van der Waals surface area contributed by atoms with Gasteiger partial charge in [-0.1, -0.05) is 11.6 Å². The summed E-state index contributed by atoms with van der Waals surface area (Å²) in [6.07, 6.45) is 3.16. The highest BCUT2D eigenvalue weighted by molar-refractivity contribution is 6.04. The van der Waals surface area contributed by atoms with Gasteiger partial charge in [0, 0.05) is 35.6 Å². The van der Waals surface area contributed by atoms with E-state index in [1.165, 1.54) is 6.26 Å². The van der Waals surface area contributed by atoms with Crippen molar-refractivity contribution < 1.29 is 23.5 Å². The van der Waals surface area contributed by atoms with Crippen LogP contribution in [-0.4, -0.2) is 31.6 Å². The Morgan fingerprint density at radius 1 is 1.19 bits per heavy atom. The maximum Gasteiger partial charge on any atom is 0.336 e. The Bertz CT molecular complexity index is 1200. The second-order valence-electron chi connectivity index (χ2n) is 8.12. The number of hydrogen-bond acceptors (Lipinski definition) is 7. The van der Waals surface area contributed by atoms with E-state index >= 15 is 0 Å². The van der Waals surface area contributed by atoms with Crippen molar-refractivity contribution in [2.45, 2.75) is 46.0 Å². The number of nitrogens with one attached hydrogen (secondary N) is 1. The average Bonchev–Trinajstić information content (AvgIpc) is 2.76. The molecule has 0 fully saturated rings. The SMILES string of the molecule is CCOCCOC(=O)C1=C(C)NC2=C(C(=O)CCC2)[C@@H]1c1coc2ccc(C)cc2c1=O. The standard InChI is InChI=1S/C25H27NO6/c1-4-30-10-11-31-25(29)21-15(3)26-18-6-5-7-19(27)23(18)22(21)17-13-32-20-9-8-14(2)12-16(20)24(17)28/h8-9,12-13,22,26H,4-7,10-11H2,1-3H3/t22-/m1/s1. The van der Waals surface area contributed by atoms with Crippen molar-refractivity contribution in [3.63, 3.8) is 0 Å². The second kappa shape index (κ2) is 9.12. The summed E-state index contributed by atoms with van der Waals surface area (Å²) < 4.78 is 16.5. The van der Waals surface area contributed by atoms with Crippen molar-refractivity contribution in [1.82, 2.24) is 5.32 Å². The molecule has 0 radical (unpaired) electrons. The van der Waals surface area contributed by atoms with E-state index in [0.717, 1.165) is 17.7 Å². The number of benzene rings is 1. The Morgan fingerprint density at radius 2 is 2.00 bits per heavy atom. The van der Waals surface area contributed by atoms with Crippen LogP contribution in [0, 0.1) is 6.92 Å². The van der Waals surface area contributed by atoms with E-state index in [-0.39, 0.29) is 35.6 Å². The number of dihydropyridines is 1. The first-order chi connectivity index (χ1) is 15.4. The normalized spacial score (nSPS) is 18.6. The van der Waals surface area contributed by atoms with Crippen molar-refractivity contribution >= 4 is 22.7 Å². The zero-order valence-electron chi connectivity index (χ0n) is 18.6. The van der Waals surface area contributed by atoms with Gasteiger partial charge in [0.1, 0.15) is 12.2 Å². The summed E-state index contributed by atoms with van der Waals surface area (Å²) in [5.74, 6) is -1.48. The molecule has 1 aromatic heterocycles. The minimum Gasteiger partial charge on any atom is -0.464 e. The molecule has 0 saturated heterocycles. The summed E-state index contributed by atoms with van der Waals surface area (Å²) in [5, 5.41) is 3.64. The van der Waals surface area contributed by atoms with Gasteiger partial charge in [0.2, 0.25) is 0 Å². The molecule has 4 rings (SSSR count). The third-order valence-corrected chi connectivity index (χ3v) is 5.93. The van der Waals surface area contributed by atoms with Gasteiger partial charge in [-0.3, -0.25) is 9.59 Å². The van der Waals surface area contributed by atoms with Gasteiger partial charge in [-0.2, -0.15) is 0 Å². The number of fused-ring (bicyclic) bond motifs is 1. The van der Waals surface area contributed by atoms with Gasteiger partial charge >= 0.3 is 5.97 Å². The Labute approximate surface area is 186 Å². The van der Waals surface area contributed by atoms with Crippen LogP contribution in [-0.2, 0) is 19.1 Å². The van der Waals surface area contributed by atoms with E-state index in [0.29, 0.717) is 41.7 Å². The number of aryl methyl sites for hydroxylation is 1. The van der Waals surface area contributed by atoms with Gasteiger partial charge in [-0.25, -0.2) is 4.79 Å². The van der Waals surface area contributed by atoms with Crippen molar-refractivity contribution in [3.05, 3.63) is 68.4 Å². The highest BCUT2D eigenvalue weighted by atomic mass is 16.6. The zero-order valence-corrected chi connectivity index (χ0v) is 18.6. The molecule has 0 saturated carbocycles. The molecule has 1 N–H and O–H groups in total. The Morgan fingerprint density at radius 3 is 2.78 bits per heavy atom. The molecule has 7 heteroatoms. The maximum atomic E-state index is 13.5. The van der Waals surface area contributed by atoms with Crippen LogP contribution < -0.4 is 10.7 Å². The van der Waals surface area contributed by atoms with Gasteiger partial charge in [0.05, 0.1) is 29.7 Å². The predicted octanol–water partition coefficient (Wildman–Crippen LogP) is 3.65. The molecule has 1 aromatic carbocycles. The molecule has 2 aliphatic rings. The van der Waals surface area contributed by atoms with Gasteiger partial charge in [0.15, 0.2) is 11.2 Å². The van der Waals surface area contributed by atoms with Crippen LogP contribution >= 0.6 is 0 Å². The molecule has 2 heterocycles. The molecule has 1 aliphatic heterocycles. The molecule has 1 atom stereocenters. The first kappa shape index (κ1) is 22.0. The number of carbonyl (C=O) groups is 2. The smallest absolute Gasteiger partial charge is 0.336 e. The topological polar surface area (TPSA) is 94.8 Å². The quantitative estimate of drug-likeness (QED) is 0.544. The predicted molar refractivity (Wildman–Crippen MR) is 119 cm³/mol. The fourth-order valence-electron chi connectivity index (χ4n) is 4.44. The lowest BCUT2D eigenvalue weighted by Gasteiger charge is -2.33. The number of hydrogen-bond donors (Lipinski definition) is 1. The number of carbonyl (C=O) groups excluding carboxylic acids is 2. The highest BCUT2D eigenvalue weighted by Gasteiger charge is 2.40.